The first kappa shape index (κ1) is 16.8. The molecule has 0 spiro atoms. The number of primary amides is 1. The molecule has 3 aromatic heterocycles. The topological polar surface area (TPSA) is 86.2 Å². The second-order valence-corrected chi connectivity index (χ2v) is 6.04. The van der Waals surface area contributed by atoms with Crippen LogP contribution in [0.4, 0.5) is 8.78 Å². The number of halogens is 2. The largest absolute Gasteiger partial charge is 0.366 e. The predicted octanol–water partition coefficient (Wildman–Crippen LogP) is 2.76. The normalized spacial score (nSPS) is 11.0. The lowest BCUT2D eigenvalue weighted by Gasteiger charge is -2.05. The standard InChI is InChI=1S/C19H13F2N5O/c20-14-6-12(7-15(21)8-14)5-11-1-3-16(23-9-11)19-25-24-17-4-2-13(18(22)27)10-26(17)19/h1-4,6-10H,5H2,(H2,22,27). The Hall–Kier alpha value is -3.68. The number of nitrogens with zero attached hydrogens (tertiary/aromatic N) is 4. The fourth-order valence-electron chi connectivity index (χ4n) is 2.82. The molecule has 0 aliphatic carbocycles. The van der Waals surface area contributed by atoms with Gasteiger partial charge in [-0.3, -0.25) is 14.2 Å². The van der Waals surface area contributed by atoms with E-state index in [9.17, 15) is 13.6 Å². The number of rotatable bonds is 4. The Bertz CT molecular complexity index is 1130. The molecule has 1 aromatic carbocycles. The lowest BCUT2D eigenvalue weighted by Crippen LogP contribution is -2.11. The molecule has 0 atom stereocenters. The quantitative estimate of drug-likeness (QED) is 0.602. The molecule has 4 aromatic rings. The Morgan fingerprint density at radius 1 is 1.00 bits per heavy atom. The van der Waals surface area contributed by atoms with E-state index in [0.29, 0.717) is 34.7 Å². The molecule has 134 valence electrons. The van der Waals surface area contributed by atoms with Crippen molar-refractivity contribution >= 4 is 11.6 Å². The molecule has 0 fully saturated rings. The molecule has 2 N–H and O–H groups in total. The molecule has 4 rings (SSSR count). The number of hydrogen-bond donors (Lipinski definition) is 1. The predicted molar refractivity (Wildman–Crippen MR) is 93.9 cm³/mol. The molecular weight excluding hydrogens is 352 g/mol. The molecule has 0 radical (unpaired) electrons. The SMILES string of the molecule is NC(=O)c1ccc2nnc(-c3ccc(Cc4cc(F)cc(F)c4)cn3)n2c1. The summed E-state index contributed by atoms with van der Waals surface area (Å²) >= 11 is 0. The van der Waals surface area contributed by atoms with Gasteiger partial charge in [0.1, 0.15) is 17.3 Å². The van der Waals surface area contributed by atoms with Gasteiger partial charge in [0.05, 0.1) is 5.56 Å². The first-order valence-corrected chi connectivity index (χ1v) is 8.04. The summed E-state index contributed by atoms with van der Waals surface area (Å²) in [5.74, 6) is -1.33. The van der Waals surface area contributed by atoms with E-state index in [1.807, 2.05) is 0 Å². The maximum Gasteiger partial charge on any atom is 0.250 e. The second kappa shape index (κ2) is 6.56. The van der Waals surface area contributed by atoms with Crippen LogP contribution >= 0.6 is 0 Å². The number of aromatic nitrogens is 4. The monoisotopic (exact) mass is 365 g/mol. The van der Waals surface area contributed by atoms with Gasteiger partial charge in [-0.05, 0) is 47.9 Å². The minimum Gasteiger partial charge on any atom is -0.366 e. The summed E-state index contributed by atoms with van der Waals surface area (Å²) < 4.78 is 28.3. The van der Waals surface area contributed by atoms with Crippen molar-refractivity contribution in [2.24, 2.45) is 5.73 Å². The van der Waals surface area contributed by atoms with Crippen molar-refractivity contribution in [1.82, 2.24) is 19.6 Å². The van der Waals surface area contributed by atoms with Gasteiger partial charge in [0.25, 0.3) is 0 Å². The van der Waals surface area contributed by atoms with E-state index in [-0.39, 0.29) is 0 Å². The first-order chi connectivity index (χ1) is 13.0. The fraction of sp³-hybridized carbons (Fsp3) is 0.0526. The van der Waals surface area contributed by atoms with Crippen LogP contribution in [0.1, 0.15) is 21.5 Å². The van der Waals surface area contributed by atoms with Crippen molar-refractivity contribution in [3.63, 3.8) is 0 Å². The zero-order valence-electron chi connectivity index (χ0n) is 13.9. The Labute approximate surface area is 152 Å². The van der Waals surface area contributed by atoms with Gasteiger partial charge in [0.2, 0.25) is 5.91 Å². The van der Waals surface area contributed by atoms with E-state index >= 15 is 0 Å². The third-order valence-electron chi connectivity index (χ3n) is 4.07. The Morgan fingerprint density at radius 2 is 1.78 bits per heavy atom. The third-order valence-corrected chi connectivity index (χ3v) is 4.07. The van der Waals surface area contributed by atoms with Crippen molar-refractivity contribution in [2.45, 2.75) is 6.42 Å². The van der Waals surface area contributed by atoms with Crippen LogP contribution in [0, 0.1) is 11.6 Å². The van der Waals surface area contributed by atoms with Gasteiger partial charge in [0.15, 0.2) is 11.5 Å². The van der Waals surface area contributed by atoms with Gasteiger partial charge < -0.3 is 5.73 Å². The molecule has 0 saturated heterocycles. The number of carbonyl (C=O) groups excluding carboxylic acids is 1. The summed E-state index contributed by atoms with van der Waals surface area (Å²) in [5.41, 5.74) is 8.04. The van der Waals surface area contributed by atoms with Gasteiger partial charge in [-0.1, -0.05) is 6.07 Å². The third kappa shape index (κ3) is 3.37. The van der Waals surface area contributed by atoms with Gasteiger partial charge in [0, 0.05) is 18.5 Å². The highest BCUT2D eigenvalue weighted by molar-refractivity contribution is 5.92. The highest BCUT2D eigenvalue weighted by Crippen LogP contribution is 2.19. The zero-order chi connectivity index (χ0) is 19.0. The van der Waals surface area contributed by atoms with E-state index in [4.69, 9.17) is 5.73 Å². The average molecular weight is 365 g/mol. The Balaban J connectivity index is 1.65. The van der Waals surface area contributed by atoms with E-state index in [1.54, 1.807) is 41.1 Å². The maximum absolute atomic E-state index is 13.3. The molecule has 6 nitrogen and oxygen atoms in total. The van der Waals surface area contributed by atoms with Crippen LogP contribution in [0.2, 0.25) is 0 Å². The van der Waals surface area contributed by atoms with Crippen LogP contribution in [-0.4, -0.2) is 25.5 Å². The van der Waals surface area contributed by atoms with Crippen LogP contribution in [0.25, 0.3) is 17.2 Å². The lowest BCUT2D eigenvalue weighted by molar-refractivity contribution is 0.1000. The van der Waals surface area contributed by atoms with Crippen molar-refractivity contribution in [3.8, 4) is 11.5 Å². The van der Waals surface area contributed by atoms with Crippen LogP contribution in [0.3, 0.4) is 0 Å². The van der Waals surface area contributed by atoms with Crippen molar-refractivity contribution in [2.75, 3.05) is 0 Å². The summed E-state index contributed by atoms with van der Waals surface area (Å²) in [6.07, 6.45) is 3.50. The van der Waals surface area contributed by atoms with Crippen LogP contribution < -0.4 is 5.73 Å². The number of hydrogen-bond acceptors (Lipinski definition) is 4. The minimum absolute atomic E-state index is 0.327. The number of fused-ring (bicyclic) bond motifs is 1. The van der Waals surface area contributed by atoms with Gasteiger partial charge in [-0.25, -0.2) is 8.78 Å². The van der Waals surface area contributed by atoms with Gasteiger partial charge >= 0.3 is 0 Å². The molecule has 27 heavy (non-hydrogen) atoms. The van der Waals surface area contributed by atoms with E-state index in [2.05, 4.69) is 15.2 Å². The van der Waals surface area contributed by atoms with E-state index in [0.717, 1.165) is 11.6 Å². The van der Waals surface area contributed by atoms with Crippen molar-refractivity contribution in [3.05, 3.63) is 83.2 Å². The second-order valence-electron chi connectivity index (χ2n) is 6.04. The van der Waals surface area contributed by atoms with Gasteiger partial charge in [-0.15, -0.1) is 10.2 Å². The van der Waals surface area contributed by atoms with E-state index in [1.165, 1.54) is 12.1 Å². The molecule has 1 amide bonds. The fourth-order valence-corrected chi connectivity index (χ4v) is 2.82. The molecule has 3 heterocycles. The highest BCUT2D eigenvalue weighted by atomic mass is 19.1. The highest BCUT2D eigenvalue weighted by Gasteiger charge is 2.12. The van der Waals surface area contributed by atoms with Crippen molar-refractivity contribution in [1.29, 1.82) is 0 Å². The Kier molecular flexibility index (Phi) is 4.08. The molecule has 0 aliphatic heterocycles. The maximum atomic E-state index is 13.3. The molecule has 8 heteroatoms. The number of carbonyl (C=O) groups is 1. The summed E-state index contributed by atoms with van der Waals surface area (Å²) in [7, 11) is 0. The first-order valence-electron chi connectivity index (χ1n) is 8.04. The number of amides is 1. The Morgan fingerprint density at radius 3 is 2.44 bits per heavy atom. The average Bonchev–Trinajstić information content (AvgIpc) is 3.04. The van der Waals surface area contributed by atoms with Gasteiger partial charge in [-0.2, -0.15) is 0 Å². The van der Waals surface area contributed by atoms with E-state index < -0.39 is 17.5 Å². The molecule has 0 saturated carbocycles. The number of nitrogens with two attached hydrogens (primary N) is 1. The molecule has 0 unspecified atom stereocenters. The zero-order valence-corrected chi connectivity index (χ0v) is 13.9. The number of pyridine rings is 2. The van der Waals surface area contributed by atoms with Crippen LogP contribution in [0.5, 0.6) is 0 Å². The molecule has 0 bridgehead atoms. The molecular formula is C19H13F2N5O. The smallest absolute Gasteiger partial charge is 0.250 e. The minimum atomic E-state index is -0.616. The summed E-state index contributed by atoms with van der Waals surface area (Å²) in [6, 6.07) is 10.2. The van der Waals surface area contributed by atoms with Crippen molar-refractivity contribution < 1.29 is 13.6 Å². The van der Waals surface area contributed by atoms with Crippen LogP contribution in [-0.2, 0) is 6.42 Å². The molecule has 0 aliphatic rings. The lowest BCUT2D eigenvalue weighted by atomic mass is 10.1. The summed E-state index contributed by atoms with van der Waals surface area (Å²) in [6.45, 7) is 0. The van der Waals surface area contributed by atoms with Crippen LogP contribution in [0.15, 0.2) is 54.9 Å². The summed E-state index contributed by atoms with van der Waals surface area (Å²) in [4.78, 5) is 15.7. The number of benzene rings is 1. The summed E-state index contributed by atoms with van der Waals surface area (Å²) in [5, 5.41) is 8.14.